The quantitative estimate of drug-likeness (QED) is 0.861. The lowest BCUT2D eigenvalue weighted by molar-refractivity contribution is -0.134. The van der Waals surface area contributed by atoms with Gasteiger partial charge < -0.3 is 13.9 Å². The lowest BCUT2D eigenvalue weighted by atomic mass is 9.97. The number of piperidine rings is 1. The Kier molecular flexibility index (Phi) is 4.78. The molecule has 130 valence electrons. The summed E-state index contributed by atoms with van der Waals surface area (Å²) in [7, 11) is 0. The summed E-state index contributed by atoms with van der Waals surface area (Å²) in [5.74, 6) is 2.86. The highest BCUT2D eigenvalue weighted by atomic mass is 16.3. The van der Waals surface area contributed by atoms with Gasteiger partial charge in [-0.3, -0.25) is 4.79 Å². The van der Waals surface area contributed by atoms with E-state index in [9.17, 15) is 4.79 Å². The van der Waals surface area contributed by atoms with Crippen LogP contribution in [-0.2, 0) is 11.2 Å². The highest BCUT2D eigenvalue weighted by Crippen LogP contribution is 2.29. The average molecular weight is 329 g/mol. The second-order valence-electron chi connectivity index (χ2n) is 6.77. The predicted octanol–water partition coefficient (Wildman–Crippen LogP) is 3.62. The average Bonchev–Trinajstić information content (AvgIpc) is 3.19. The SMILES string of the molecule is CCc1nccn1[C@@H]1CCCN(C(=O)[C@@H](C)c2cc(C)oc2C)C1. The molecular weight excluding hydrogens is 302 g/mol. The summed E-state index contributed by atoms with van der Waals surface area (Å²) in [6.45, 7) is 9.57. The van der Waals surface area contributed by atoms with Crippen LogP contribution in [0.4, 0.5) is 0 Å². The van der Waals surface area contributed by atoms with E-state index in [1.54, 1.807) is 0 Å². The van der Waals surface area contributed by atoms with Gasteiger partial charge in [0.25, 0.3) is 0 Å². The first-order chi connectivity index (χ1) is 11.5. The molecule has 2 atom stereocenters. The number of hydrogen-bond donors (Lipinski definition) is 0. The summed E-state index contributed by atoms with van der Waals surface area (Å²) in [6, 6.07) is 2.32. The second kappa shape index (κ2) is 6.83. The molecule has 1 amide bonds. The smallest absolute Gasteiger partial charge is 0.230 e. The molecule has 0 aromatic carbocycles. The maximum atomic E-state index is 13.0. The normalized spacial score (nSPS) is 19.5. The molecule has 0 aliphatic carbocycles. The standard InChI is InChI=1S/C19H27N3O2/c1-5-18-20-8-10-22(18)16-7-6-9-21(12-16)19(23)14(3)17-11-13(2)24-15(17)4/h8,10-11,14,16H,5-7,9,12H2,1-4H3/t14-,16+/m0/s1. The third-order valence-corrected chi connectivity index (χ3v) is 5.08. The third-order valence-electron chi connectivity index (χ3n) is 5.08. The molecule has 0 bridgehead atoms. The van der Waals surface area contributed by atoms with Gasteiger partial charge in [0.1, 0.15) is 17.3 Å². The highest BCUT2D eigenvalue weighted by Gasteiger charge is 2.30. The number of rotatable bonds is 4. The lowest BCUT2D eigenvalue weighted by Crippen LogP contribution is -2.42. The minimum atomic E-state index is -0.158. The number of imidazole rings is 1. The molecule has 2 aromatic rings. The summed E-state index contributed by atoms with van der Waals surface area (Å²) in [4.78, 5) is 19.4. The van der Waals surface area contributed by atoms with Crippen LogP contribution in [0.15, 0.2) is 22.9 Å². The minimum Gasteiger partial charge on any atom is -0.466 e. The number of carbonyl (C=O) groups excluding carboxylic acids is 1. The van der Waals surface area contributed by atoms with Gasteiger partial charge >= 0.3 is 0 Å². The monoisotopic (exact) mass is 329 g/mol. The summed E-state index contributed by atoms with van der Waals surface area (Å²) >= 11 is 0. The first-order valence-electron chi connectivity index (χ1n) is 8.88. The van der Waals surface area contributed by atoms with E-state index in [1.165, 1.54) is 0 Å². The largest absolute Gasteiger partial charge is 0.466 e. The van der Waals surface area contributed by atoms with Crippen molar-refractivity contribution in [1.29, 1.82) is 0 Å². The number of aryl methyl sites for hydroxylation is 3. The van der Waals surface area contributed by atoms with Crippen LogP contribution in [0.25, 0.3) is 0 Å². The Labute approximate surface area is 143 Å². The summed E-state index contributed by atoms with van der Waals surface area (Å²) in [6.07, 6.45) is 6.96. The zero-order chi connectivity index (χ0) is 17.3. The summed E-state index contributed by atoms with van der Waals surface area (Å²) in [5.41, 5.74) is 1.01. The van der Waals surface area contributed by atoms with Gasteiger partial charge in [0.05, 0.1) is 12.0 Å². The van der Waals surface area contributed by atoms with E-state index in [1.807, 2.05) is 44.1 Å². The predicted molar refractivity (Wildman–Crippen MR) is 93.1 cm³/mol. The van der Waals surface area contributed by atoms with Gasteiger partial charge in [-0.1, -0.05) is 6.92 Å². The fourth-order valence-electron chi connectivity index (χ4n) is 3.82. The number of furan rings is 1. The Morgan fingerprint density at radius 3 is 2.92 bits per heavy atom. The van der Waals surface area contributed by atoms with Crippen LogP contribution in [0.2, 0.25) is 0 Å². The van der Waals surface area contributed by atoms with E-state index in [2.05, 4.69) is 16.5 Å². The Hall–Kier alpha value is -2.04. The molecule has 24 heavy (non-hydrogen) atoms. The van der Waals surface area contributed by atoms with Crippen molar-refractivity contribution in [2.75, 3.05) is 13.1 Å². The third kappa shape index (κ3) is 3.12. The fraction of sp³-hybridized carbons (Fsp3) is 0.579. The van der Waals surface area contributed by atoms with Crippen molar-refractivity contribution in [3.05, 3.63) is 41.4 Å². The molecular formula is C19H27N3O2. The van der Waals surface area contributed by atoms with E-state index >= 15 is 0 Å². The first kappa shape index (κ1) is 16.8. The number of nitrogens with zero attached hydrogens (tertiary/aromatic N) is 3. The van der Waals surface area contributed by atoms with E-state index in [0.717, 1.165) is 55.3 Å². The van der Waals surface area contributed by atoms with Crippen molar-refractivity contribution >= 4 is 5.91 Å². The molecule has 1 saturated heterocycles. The van der Waals surface area contributed by atoms with Crippen LogP contribution in [0.3, 0.4) is 0 Å². The molecule has 0 radical (unpaired) electrons. The molecule has 1 fully saturated rings. The van der Waals surface area contributed by atoms with Crippen molar-refractivity contribution in [3.8, 4) is 0 Å². The summed E-state index contributed by atoms with van der Waals surface area (Å²) in [5, 5.41) is 0. The Morgan fingerprint density at radius 1 is 1.46 bits per heavy atom. The molecule has 0 unspecified atom stereocenters. The molecule has 3 rings (SSSR count). The molecule has 1 aliphatic heterocycles. The van der Waals surface area contributed by atoms with Crippen LogP contribution in [-0.4, -0.2) is 33.4 Å². The number of hydrogen-bond acceptors (Lipinski definition) is 3. The molecule has 0 spiro atoms. The van der Waals surface area contributed by atoms with E-state index in [4.69, 9.17) is 4.42 Å². The summed E-state index contributed by atoms with van der Waals surface area (Å²) < 4.78 is 7.85. The van der Waals surface area contributed by atoms with Crippen molar-refractivity contribution in [1.82, 2.24) is 14.5 Å². The highest BCUT2D eigenvalue weighted by molar-refractivity contribution is 5.83. The molecule has 1 aliphatic rings. The van der Waals surface area contributed by atoms with Gasteiger partial charge in [-0.2, -0.15) is 0 Å². The van der Waals surface area contributed by atoms with Crippen molar-refractivity contribution in [3.63, 3.8) is 0 Å². The molecule has 0 saturated carbocycles. The van der Waals surface area contributed by atoms with Crippen molar-refractivity contribution in [2.45, 2.75) is 58.9 Å². The van der Waals surface area contributed by atoms with Crippen LogP contribution in [0, 0.1) is 13.8 Å². The molecule has 5 heteroatoms. The topological polar surface area (TPSA) is 51.3 Å². The maximum Gasteiger partial charge on any atom is 0.230 e. The van der Waals surface area contributed by atoms with Crippen LogP contribution >= 0.6 is 0 Å². The minimum absolute atomic E-state index is 0.158. The Balaban J connectivity index is 1.74. The molecule has 5 nitrogen and oxygen atoms in total. The number of aromatic nitrogens is 2. The first-order valence-corrected chi connectivity index (χ1v) is 8.88. The zero-order valence-corrected chi connectivity index (χ0v) is 15.1. The number of carbonyl (C=O) groups is 1. The zero-order valence-electron chi connectivity index (χ0n) is 15.1. The van der Waals surface area contributed by atoms with Crippen molar-refractivity contribution in [2.24, 2.45) is 0 Å². The van der Waals surface area contributed by atoms with Crippen molar-refractivity contribution < 1.29 is 9.21 Å². The number of amides is 1. The van der Waals surface area contributed by atoms with Gasteiger partial charge in [-0.05, 0) is 39.7 Å². The van der Waals surface area contributed by atoms with Gasteiger partial charge in [0.2, 0.25) is 5.91 Å². The van der Waals surface area contributed by atoms with Crippen LogP contribution in [0.1, 0.15) is 61.6 Å². The maximum absolute atomic E-state index is 13.0. The van der Waals surface area contributed by atoms with E-state index in [-0.39, 0.29) is 11.8 Å². The Morgan fingerprint density at radius 2 is 2.25 bits per heavy atom. The molecule has 0 N–H and O–H groups in total. The molecule has 3 heterocycles. The van der Waals surface area contributed by atoms with Gasteiger partial charge in [0.15, 0.2) is 0 Å². The number of likely N-dealkylation sites (tertiary alicyclic amines) is 1. The van der Waals surface area contributed by atoms with Gasteiger partial charge in [-0.15, -0.1) is 0 Å². The fourth-order valence-corrected chi connectivity index (χ4v) is 3.82. The van der Waals surface area contributed by atoms with Gasteiger partial charge in [0, 0.05) is 37.5 Å². The molecule has 2 aromatic heterocycles. The van der Waals surface area contributed by atoms with E-state index in [0.29, 0.717) is 6.04 Å². The second-order valence-corrected chi connectivity index (χ2v) is 6.77. The van der Waals surface area contributed by atoms with Gasteiger partial charge in [-0.25, -0.2) is 4.98 Å². The Bertz CT molecular complexity index is 716. The van der Waals surface area contributed by atoms with E-state index < -0.39 is 0 Å². The lowest BCUT2D eigenvalue weighted by Gasteiger charge is -2.35. The van der Waals surface area contributed by atoms with Crippen LogP contribution < -0.4 is 0 Å². The van der Waals surface area contributed by atoms with Crippen LogP contribution in [0.5, 0.6) is 0 Å².